The van der Waals surface area contributed by atoms with Crippen LogP contribution in [-0.4, -0.2) is 29.8 Å². The molecular formula is C14H24F3NO2. The van der Waals surface area contributed by atoms with E-state index in [1.165, 1.54) is 12.8 Å². The van der Waals surface area contributed by atoms with Crippen molar-refractivity contribution < 1.29 is 23.1 Å². The number of carbonyl (C=O) groups excluding carboxylic acids is 1. The largest absolute Gasteiger partial charge is 0.416 e. The van der Waals surface area contributed by atoms with Gasteiger partial charge in [-0.1, -0.05) is 26.2 Å². The topological polar surface area (TPSA) is 49.3 Å². The Labute approximate surface area is 117 Å². The van der Waals surface area contributed by atoms with Gasteiger partial charge in [0.25, 0.3) is 0 Å². The number of aliphatic hydroxyl groups excluding tert-OH is 1. The number of aliphatic hydroxyl groups is 1. The highest BCUT2D eigenvalue weighted by molar-refractivity contribution is 5.78. The molecule has 0 aromatic heterocycles. The number of amides is 1. The van der Waals surface area contributed by atoms with Gasteiger partial charge in [0.1, 0.15) is 0 Å². The van der Waals surface area contributed by atoms with E-state index in [4.69, 9.17) is 5.11 Å². The highest BCUT2D eigenvalue weighted by Gasteiger charge is 2.38. The fraction of sp³-hybridized carbons (Fsp3) is 0.929. The smallest absolute Gasteiger partial charge is 0.382 e. The van der Waals surface area contributed by atoms with E-state index < -0.39 is 18.8 Å². The first kappa shape index (κ1) is 17.3. The molecule has 2 N–H and O–H groups in total. The van der Waals surface area contributed by atoms with Crippen molar-refractivity contribution in [2.45, 2.75) is 64.1 Å². The lowest BCUT2D eigenvalue weighted by Gasteiger charge is -2.28. The molecular weight excluding hydrogens is 271 g/mol. The molecule has 1 fully saturated rings. The molecule has 0 radical (unpaired) electrons. The van der Waals surface area contributed by atoms with Crippen LogP contribution in [0.2, 0.25) is 0 Å². The Morgan fingerprint density at radius 2 is 1.90 bits per heavy atom. The Kier molecular flexibility index (Phi) is 6.79. The molecule has 20 heavy (non-hydrogen) atoms. The van der Waals surface area contributed by atoms with Crippen molar-refractivity contribution in [3.8, 4) is 0 Å². The van der Waals surface area contributed by atoms with Gasteiger partial charge in [-0.3, -0.25) is 4.79 Å². The number of hydrogen-bond acceptors (Lipinski definition) is 2. The van der Waals surface area contributed by atoms with E-state index >= 15 is 0 Å². The first-order valence-electron chi connectivity index (χ1n) is 7.37. The van der Waals surface area contributed by atoms with Crippen LogP contribution < -0.4 is 5.32 Å². The molecule has 0 aliphatic heterocycles. The molecule has 1 aliphatic rings. The molecule has 0 aromatic rings. The van der Waals surface area contributed by atoms with Crippen molar-refractivity contribution in [2.75, 3.05) is 6.54 Å². The van der Waals surface area contributed by atoms with Gasteiger partial charge in [-0.05, 0) is 31.6 Å². The summed E-state index contributed by atoms with van der Waals surface area (Å²) in [7, 11) is 0. The Bertz CT molecular complexity index is 299. The summed E-state index contributed by atoms with van der Waals surface area (Å²) >= 11 is 0. The average molecular weight is 295 g/mol. The van der Waals surface area contributed by atoms with Gasteiger partial charge in [-0.2, -0.15) is 13.2 Å². The third kappa shape index (κ3) is 5.69. The second-order valence-electron chi connectivity index (χ2n) is 5.66. The molecule has 1 atom stereocenters. The Hall–Kier alpha value is -0.780. The number of alkyl halides is 3. The van der Waals surface area contributed by atoms with Crippen LogP contribution in [0.1, 0.15) is 51.9 Å². The predicted octanol–water partition coefficient (Wildman–Crippen LogP) is 3.02. The number of nitrogens with one attached hydrogen (secondary N) is 1. The van der Waals surface area contributed by atoms with E-state index in [9.17, 15) is 18.0 Å². The molecule has 1 saturated carbocycles. The molecule has 3 nitrogen and oxygen atoms in total. The van der Waals surface area contributed by atoms with Crippen molar-refractivity contribution in [3.05, 3.63) is 0 Å². The van der Waals surface area contributed by atoms with E-state index in [0.29, 0.717) is 5.92 Å². The van der Waals surface area contributed by atoms with Gasteiger partial charge in [0.2, 0.25) is 5.91 Å². The van der Waals surface area contributed by atoms with Crippen LogP contribution >= 0.6 is 0 Å². The lowest BCUT2D eigenvalue weighted by molar-refractivity contribution is -0.202. The van der Waals surface area contributed by atoms with Gasteiger partial charge in [0.05, 0.1) is 6.54 Å². The Morgan fingerprint density at radius 1 is 1.30 bits per heavy atom. The summed E-state index contributed by atoms with van der Waals surface area (Å²) in [5.41, 5.74) is 0. The summed E-state index contributed by atoms with van der Waals surface area (Å²) in [6.45, 7) is 1.39. The second kappa shape index (κ2) is 7.86. The number of carbonyl (C=O) groups is 1. The predicted molar refractivity (Wildman–Crippen MR) is 70.0 cm³/mol. The van der Waals surface area contributed by atoms with E-state index in [1.807, 2.05) is 0 Å². The lowest BCUT2D eigenvalue weighted by Crippen LogP contribution is -2.43. The van der Waals surface area contributed by atoms with E-state index in [2.05, 4.69) is 12.2 Å². The van der Waals surface area contributed by atoms with Crippen LogP contribution in [-0.2, 0) is 4.79 Å². The van der Waals surface area contributed by atoms with E-state index in [1.54, 1.807) is 0 Å². The third-order valence-corrected chi connectivity index (χ3v) is 4.03. The van der Waals surface area contributed by atoms with Crippen molar-refractivity contribution in [2.24, 2.45) is 11.8 Å². The minimum absolute atomic E-state index is 0.201. The number of rotatable bonds is 6. The minimum atomic E-state index is -4.68. The fourth-order valence-corrected chi connectivity index (χ4v) is 2.66. The molecule has 0 bridgehead atoms. The average Bonchev–Trinajstić information content (AvgIpc) is 2.41. The fourth-order valence-electron chi connectivity index (χ4n) is 2.66. The van der Waals surface area contributed by atoms with Gasteiger partial charge < -0.3 is 10.4 Å². The molecule has 6 heteroatoms. The summed E-state index contributed by atoms with van der Waals surface area (Å²) in [5, 5.41) is 11.0. The highest BCUT2D eigenvalue weighted by atomic mass is 19.4. The summed E-state index contributed by atoms with van der Waals surface area (Å²) in [5.74, 6) is 0.0929. The second-order valence-corrected chi connectivity index (χ2v) is 5.66. The van der Waals surface area contributed by atoms with Gasteiger partial charge in [-0.25, -0.2) is 0 Å². The first-order valence-corrected chi connectivity index (χ1v) is 7.37. The van der Waals surface area contributed by atoms with Gasteiger partial charge in [0.15, 0.2) is 6.10 Å². The summed E-state index contributed by atoms with van der Waals surface area (Å²) < 4.78 is 36.3. The number of hydrogen-bond donors (Lipinski definition) is 2. The third-order valence-electron chi connectivity index (χ3n) is 4.03. The van der Waals surface area contributed by atoms with Crippen LogP contribution in [0.5, 0.6) is 0 Å². The number of halogens is 3. The molecule has 1 unspecified atom stereocenters. The quantitative estimate of drug-likeness (QED) is 0.791. The maximum absolute atomic E-state index is 12.1. The molecule has 0 saturated heterocycles. The summed E-state index contributed by atoms with van der Waals surface area (Å²) in [6.07, 6.45) is -0.199. The molecule has 0 spiro atoms. The molecule has 0 heterocycles. The van der Waals surface area contributed by atoms with Gasteiger partial charge >= 0.3 is 6.18 Å². The van der Waals surface area contributed by atoms with Gasteiger partial charge in [0, 0.05) is 5.92 Å². The standard InChI is InChI=1S/C14H24F3NO2/c1-2-3-4-10-5-7-11(8-6-10)13(20)18-9-12(19)14(15,16)17/h10-12,19H,2-9H2,1H3,(H,18,20). The van der Waals surface area contributed by atoms with Crippen molar-refractivity contribution in [1.82, 2.24) is 5.32 Å². The Balaban J connectivity index is 2.26. The first-order chi connectivity index (χ1) is 9.34. The molecule has 1 rings (SSSR count). The van der Waals surface area contributed by atoms with E-state index in [-0.39, 0.29) is 11.8 Å². The molecule has 0 aromatic carbocycles. The molecule has 118 valence electrons. The Morgan fingerprint density at radius 3 is 2.40 bits per heavy atom. The monoisotopic (exact) mass is 295 g/mol. The van der Waals surface area contributed by atoms with Crippen LogP contribution in [0.15, 0.2) is 0 Å². The van der Waals surface area contributed by atoms with Crippen LogP contribution in [0.4, 0.5) is 13.2 Å². The SMILES string of the molecule is CCCCC1CCC(C(=O)NCC(O)C(F)(F)F)CC1. The molecule has 1 amide bonds. The summed E-state index contributed by atoms with van der Waals surface area (Å²) in [6, 6.07) is 0. The highest BCUT2D eigenvalue weighted by Crippen LogP contribution is 2.32. The van der Waals surface area contributed by atoms with Crippen LogP contribution in [0.25, 0.3) is 0 Å². The zero-order chi connectivity index (χ0) is 15.2. The normalized spacial score (nSPS) is 25.2. The maximum Gasteiger partial charge on any atom is 0.416 e. The maximum atomic E-state index is 12.1. The number of unbranched alkanes of at least 4 members (excludes halogenated alkanes) is 1. The lowest BCUT2D eigenvalue weighted by atomic mass is 9.79. The zero-order valence-corrected chi connectivity index (χ0v) is 11.9. The van der Waals surface area contributed by atoms with Crippen molar-refractivity contribution in [1.29, 1.82) is 0 Å². The minimum Gasteiger partial charge on any atom is -0.382 e. The van der Waals surface area contributed by atoms with Gasteiger partial charge in [-0.15, -0.1) is 0 Å². The van der Waals surface area contributed by atoms with Crippen LogP contribution in [0.3, 0.4) is 0 Å². The van der Waals surface area contributed by atoms with E-state index in [0.717, 1.165) is 32.1 Å². The molecule has 1 aliphatic carbocycles. The zero-order valence-electron chi connectivity index (χ0n) is 11.9. The summed E-state index contributed by atoms with van der Waals surface area (Å²) in [4.78, 5) is 11.8. The van der Waals surface area contributed by atoms with Crippen molar-refractivity contribution >= 4 is 5.91 Å². The van der Waals surface area contributed by atoms with Crippen LogP contribution in [0, 0.1) is 11.8 Å². The van der Waals surface area contributed by atoms with Crippen molar-refractivity contribution in [3.63, 3.8) is 0 Å².